The predicted molar refractivity (Wildman–Crippen MR) is 87.2 cm³/mol. The molecule has 6 heteroatoms. The number of nitrogens with one attached hydrogen (secondary N) is 2. The first-order chi connectivity index (χ1) is 11.0. The molecule has 2 N–H and O–H groups in total. The molecular formula is C17H19N3O3. The molecule has 2 heterocycles. The molecule has 23 heavy (non-hydrogen) atoms. The normalized spacial score (nSPS) is 18.3. The Kier molecular flexibility index (Phi) is 3.90. The number of H-pyrrole nitrogens is 1. The van der Waals surface area contributed by atoms with Crippen LogP contribution < -0.4 is 10.9 Å². The largest absolute Gasteiger partial charge is 0.353 e. The number of nitrogens with zero attached hydrogens (tertiary/aromatic N) is 1. The highest BCUT2D eigenvalue weighted by atomic mass is 16.2. The zero-order chi connectivity index (χ0) is 16.6. The summed E-state index contributed by atoms with van der Waals surface area (Å²) in [5.74, 6) is -0.354. The lowest BCUT2D eigenvalue weighted by atomic mass is 9.98. The summed E-state index contributed by atoms with van der Waals surface area (Å²) in [6.07, 6.45) is 1.44. The molecule has 1 fully saturated rings. The van der Waals surface area contributed by atoms with Crippen molar-refractivity contribution >= 4 is 22.6 Å². The second kappa shape index (κ2) is 5.87. The minimum absolute atomic E-state index is 0.00766. The molecule has 1 atom stereocenters. The van der Waals surface area contributed by atoms with Gasteiger partial charge >= 0.3 is 0 Å². The van der Waals surface area contributed by atoms with Crippen LogP contribution in [0, 0.1) is 5.92 Å². The van der Waals surface area contributed by atoms with Gasteiger partial charge in [0.15, 0.2) is 0 Å². The number of pyridine rings is 1. The fourth-order valence-corrected chi connectivity index (χ4v) is 3.12. The number of aromatic nitrogens is 1. The van der Waals surface area contributed by atoms with Gasteiger partial charge in [-0.2, -0.15) is 0 Å². The monoisotopic (exact) mass is 313 g/mol. The van der Waals surface area contributed by atoms with E-state index in [-0.39, 0.29) is 23.3 Å². The van der Waals surface area contributed by atoms with Crippen LogP contribution in [0.4, 0.5) is 0 Å². The Morgan fingerprint density at radius 2 is 1.91 bits per heavy atom. The van der Waals surface area contributed by atoms with Gasteiger partial charge in [-0.1, -0.05) is 32.0 Å². The van der Waals surface area contributed by atoms with Gasteiger partial charge in [-0.15, -0.1) is 0 Å². The number of carbonyl (C=O) groups is 2. The van der Waals surface area contributed by atoms with Crippen molar-refractivity contribution in [3.63, 3.8) is 0 Å². The van der Waals surface area contributed by atoms with E-state index in [1.807, 2.05) is 13.8 Å². The minimum Gasteiger partial charge on any atom is -0.353 e. The van der Waals surface area contributed by atoms with Crippen molar-refractivity contribution in [3.8, 4) is 0 Å². The second-order valence-electron chi connectivity index (χ2n) is 6.06. The van der Waals surface area contributed by atoms with Gasteiger partial charge in [0.25, 0.3) is 11.5 Å². The number of rotatable bonds is 2. The Morgan fingerprint density at radius 3 is 2.61 bits per heavy atom. The molecule has 0 saturated carbocycles. The average molecular weight is 313 g/mol. The summed E-state index contributed by atoms with van der Waals surface area (Å²) in [5.41, 5.74) is 0.189. The number of hydrogen-bond donors (Lipinski definition) is 2. The number of carbonyl (C=O) groups excluding carboxylic acids is 2. The van der Waals surface area contributed by atoms with Crippen molar-refractivity contribution in [3.05, 3.63) is 46.4 Å². The summed E-state index contributed by atoms with van der Waals surface area (Å²) < 4.78 is 0. The van der Waals surface area contributed by atoms with Crippen LogP contribution in [-0.2, 0) is 4.79 Å². The highest BCUT2D eigenvalue weighted by Gasteiger charge is 2.36. The Morgan fingerprint density at radius 1 is 1.22 bits per heavy atom. The molecule has 1 aromatic carbocycles. The standard InChI is InChI=1S/C17H19N3O3/c1-10(2)14-16(22)18-7-8-20(14)17(23)13-9-19-15(21)12-6-4-3-5-11(12)13/h3-6,9-10,14H,7-8H2,1-2H3,(H,18,22)(H,19,21)/t14-/m1/s1. The molecule has 1 aromatic heterocycles. The third-order valence-electron chi connectivity index (χ3n) is 4.19. The number of piperazine rings is 1. The van der Waals surface area contributed by atoms with Crippen molar-refractivity contribution < 1.29 is 9.59 Å². The zero-order valence-electron chi connectivity index (χ0n) is 13.1. The molecule has 2 amide bonds. The van der Waals surface area contributed by atoms with Gasteiger partial charge in [0.05, 0.1) is 5.56 Å². The Balaban J connectivity index is 2.08. The smallest absolute Gasteiger partial charge is 0.256 e. The molecule has 2 aromatic rings. The van der Waals surface area contributed by atoms with E-state index in [1.165, 1.54) is 6.20 Å². The Hall–Kier alpha value is -2.63. The fraction of sp³-hybridized carbons (Fsp3) is 0.353. The lowest BCUT2D eigenvalue weighted by molar-refractivity contribution is -0.129. The highest BCUT2D eigenvalue weighted by Crippen LogP contribution is 2.21. The van der Waals surface area contributed by atoms with Gasteiger partial charge in [0, 0.05) is 30.1 Å². The molecule has 1 aliphatic heterocycles. The molecule has 1 saturated heterocycles. The maximum Gasteiger partial charge on any atom is 0.256 e. The van der Waals surface area contributed by atoms with Crippen LogP contribution in [0.25, 0.3) is 10.8 Å². The van der Waals surface area contributed by atoms with E-state index < -0.39 is 6.04 Å². The molecule has 0 spiro atoms. The van der Waals surface area contributed by atoms with Gasteiger partial charge in [-0.3, -0.25) is 14.4 Å². The lowest BCUT2D eigenvalue weighted by Crippen LogP contribution is -2.59. The fourth-order valence-electron chi connectivity index (χ4n) is 3.12. The van der Waals surface area contributed by atoms with Gasteiger partial charge in [0.1, 0.15) is 6.04 Å². The molecule has 6 nitrogen and oxygen atoms in total. The number of amides is 2. The summed E-state index contributed by atoms with van der Waals surface area (Å²) in [7, 11) is 0. The van der Waals surface area contributed by atoms with Gasteiger partial charge < -0.3 is 15.2 Å². The van der Waals surface area contributed by atoms with Crippen molar-refractivity contribution in [2.24, 2.45) is 5.92 Å². The van der Waals surface area contributed by atoms with Crippen molar-refractivity contribution in [1.82, 2.24) is 15.2 Å². The topological polar surface area (TPSA) is 82.3 Å². The quantitative estimate of drug-likeness (QED) is 0.872. The molecule has 0 bridgehead atoms. The van der Waals surface area contributed by atoms with Crippen LogP contribution in [0.1, 0.15) is 24.2 Å². The molecule has 0 aliphatic carbocycles. The molecule has 0 unspecified atom stereocenters. The summed E-state index contributed by atoms with van der Waals surface area (Å²) >= 11 is 0. The first kappa shape index (κ1) is 15.3. The van der Waals surface area contributed by atoms with E-state index in [1.54, 1.807) is 29.2 Å². The van der Waals surface area contributed by atoms with E-state index in [2.05, 4.69) is 10.3 Å². The first-order valence-electron chi connectivity index (χ1n) is 7.70. The van der Waals surface area contributed by atoms with E-state index >= 15 is 0 Å². The van der Waals surface area contributed by atoms with Gasteiger partial charge in [-0.05, 0) is 12.0 Å². The summed E-state index contributed by atoms with van der Waals surface area (Å²) in [6.45, 7) is 4.73. The summed E-state index contributed by atoms with van der Waals surface area (Å²) in [4.78, 5) is 41.3. The van der Waals surface area contributed by atoms with Gasteiger partial charge in [0.2, 0.25) is 5.91 Å². The number of benzene rings is 1. The first-order valence-corrected chi connectivity index (χ1v) is 7.70. The van der Waals surface area contributed by atoms with E-state index in [4.69, 9.17) is 0 Å². The summed E-state index contributed by atoms with van der Waals surface area (Å²) in [6, 6.07) is 6.50. The average Bonchev–Trinajstić information content (AvgIpc) is 2.54. The van der Waals surface area contributed by atoms with Crippen LogP contribution in [0.2, 0.25) is 0 Å². The zero-order valence-corrected chi connectivity index (χ0v) is 13.1. The predicted octanol–water partition coefficient (Wildman–Crippen LogP) is 1.12. The number of aromatic amines is 1. The molecular weight excluding hydrogens is 294 g/mol. The van der Waals surface area contributed by atoms with Crippen molar-refractivity contribution in [2.75, 3.05) is 13.1 Å². The lowest BCUT2D eigenvalue weighted by Gasteiger charge is -2.37. The molecule has 1 aliphatic rings. The highest BCUT2D eigenvalue weighted by molar-refractivity contribution is 6.07. The second-order valence-corrected chi connectivity index (χ2v) is 6.06. The van der Waals surface area contributed by atoms with Crippen LogP contribution in [-0.4, -0.2) is 40.8 Å². The SMILES string of the molecule is CC(C)[C@@H]1C(=O)NCCN1C(=O)c1c[nH]c(=O)c2ccccc12. The Labute approximate surface area is 133 Å². The molecule has 3 rings (SSSR count). The van der Waals surface area contributed by atoms with E-state index in [0.29, 0.717) is 29.4 Å². The van der Waals surface area contributed by atoms with E-state index in [0.717, 1.165) is 0 Å². The third kappa shape index (κ3) is 2.60. The number of hydrogen-bond acceptors (Lipinski definition) is 3. The number of fused-ring (bicyclic) bond motifs is 1. The van der Waals surface area contributed by atoms with Crippen LogP contribution in [0.3, 0.4) is 0 Å². The Bertz CT molecular complexity index is 825. The third-order valence-corrected chi connectivity index (χ3v) is 4.19. The maximum atomic E-state index is 13.0. The molecule has 120 valence electrons. The van der Waals surface area contributed by atoms with Crippen molar-refractivity contribution in [2.45, 2.75) is 19.9 Å². The molecule has 0 radical (unpaired) electrons. The van der Waals surface area contributed by atoms with Crippen LogP contribution in [0.15, 0.2) is 35.3 Å². The summed E-state index contributed by atoms with van der Waals surface area (Å²) in [5, 5.41) is 3.88. The van der Waals surface area contributed by atoms with Crippen LogP contribution in [0.5, 0.6) is 0 Å². The van der Waals surface area contributed by atoms with Gasteiger partial charge in [-0.25, -0.2) is 0 Å². The minimum atomic E-state index is -0.498. The maximum absolute atomic E-state index is 13.0. The van der Waals surface area contributed by atoms with Crippen LogP contribution >= 0.6 is 0 Å². The van der Waals surface area contributed by atoms with E-state index in [9.17, 15) is 14.4 Å². The van der Waals surface area contributed by atoms with Crippen molar-refractivity contribution in [1.29, 1.82) is 0 Å².